The normalized spacial score (nSPS) is 14.4. The summed E-state index contributed by atoms with van der Waals surface area (Å²) in [5.74, 6) is 0. The van der Waals surface area contributed by atoms with Gasteiger partial charge in [-0.05, 0) is 11.6 Å². The largest absolute Gasteiger partial charge is 0.390 e. The highest BCUT2D eigenvalue weighted by atomic mass is 79.9. The Hall–Kier alpha value is 0.550. The van der Waals surface area contributed by atoms with Crippen LogP contribution in [0.5, 0.6) is 0 Å². The third kappa shape index (κ3) is 3.61. The molecule has 0 saturated heterocycles. The number of rotatable bonds is 2. The Morgan fingerprint density at radius 3 is 2.36 bits per heavy atom. The van der Waals surface area contributed by atoms with Crippen LogP contribution < -0.4 is 0 Å². The van der Waals surface area contributed by atoms with E-state index < -0.39 is 17.4 Å². The van der Waals surface area contributed by atoms with Crippen LogP contribution in [-0.2, 0) is 0 Å². The van der Waals surface area contributed by atoms with Gasteiger partial charge in [-0.25, -0.2) is 0 Å². The van der Waals surface area contributed by atoms with E-state index in [1.807, 2.05) is 0 Å². The molecule has 1 unspecified atom stereocenters. The van der Waals surface area contributed by atoms with E-state index in [0.717, 1.165) is 11.3 Å². The van der Waals surface area contributed by atoms with E-state index in [1.54, 1.807) is 0 Å². The molecule has 7 heteroatoms. The highest BCUT2D eigenvalue weighted by molar-refractivity contribution is 9.09. The predicted octanol–water partition coefficient (Wildman–Crippen LogP) is 5.44. The molecule has 80 valence electrons. The Morgan fingerprint density at radius 1 is 1.43 bits per heavy atom. The minimum Gasteiger partial charge on any atom is -0.171 e. The molecule has 0 nitrogen and oxygen atoms in total. The van der Waals surface area contributed by atoms with Crippen LogP contribution in [0.3, 0.4) is 0 Å². The van der Waals surface area contributed by atoms with Crippen molar-refractivity contribution in [3.63, 3.8) is 0 Å². The zero-order valence-corrected chi connectivity index (χ0v) is 10.5. The quantitative estimate of drug-likeness (QED) is 0.634. The summed E-state index contributed by atoms with van der Waals surface area (Å²) in [5, 5.41) is 0. The highest BCUT2D eigenvalue weighted by Gasteiger charge is 2.32. The van der Waals surface area contributed by atoms with Gasteiger partial charge in [-0.1, -0.05) is 39.1 Å². The minimum absolute atomic E-state index is 0.293. The Balaban J connectivity index is 2.79. The fraction of sp³-hybridized carbons (Fsp3) is 0.429. The predicted molar refractivity (Wildman–Crippen MR) is 56.7 cm³/mol. The van der Waals surface area contributed by atoms with Gasteiger partial charge in [0.1, 0.15) is 0 Å². The summed E-state index contributed by atoms with van der Waals surface area (Å²) in [5.41, 5.74) is 0.388. The monoisotopic (exact) mass is 326 g/mol. The van der Waals surface area contributed by atoms with Gasteiger partial charge in [-0.2, -0.15) is 13.2 Å². The first kappa shape index (κ1) is 12.6. The first-order chi connectivity index (χ1) is 6.29. The van der Waals surface area contributed by atoms with Crippen molar-refractivity contribution in [1.29, 1.82) is 0 Å². The molecule has 0 fully saturated rings. The fourth-order valence-electron chi connectivity index (χ4n) is 0.880. The molecule has 1 aromatic rings. The van der Waals surface area contributed by atoms with Crippen LogP contribution in [0.15, 0.2) is 6.07 Å². The molecule has 0 N–H and O–H groups in total. The van der Waals surface area contributed by atoms with Crippen LogP contribution >= 0.6 is 50.5 Å². The lowest BCUT2D eigenvalue weighted by Crippen LogP contribution is -2.10. The highest BCUT2D eigenvalue weighted by Crippen LogP contribution is 2.42. The van der Waals surface area contributed by atoms with Gasteiger partial charge in [0.2, 0.25) is 0 Å². The van der Waals surface area contributed by atoms with Crippen LogP contribution in [0.2, 0.25) is 8.67 Å². The van der Waals surface area contributed by atoms with E-state index in [9.17, 15) is 13.2 Å². The molecule has 0 aliphatic heterocycles. The van der Waals surface area contributed by atoms with Gasteiger partial charge in [-0.15, -0.1) is 11.3 Å². The summed E-state index contributed by atoms with van der Waals surface area (Å²) in [7, 11) is 0. The average Bonchev–Trinajstić information content (AvgIpc) is 2.26. The lowest BCUT2D eigenvalue weighted by atomic mass is 10.2. The minimum atomic E-state index is -4.22. The Morgan fingerprint density at radius 2 is 2.00 bits per heavy atom. The summed E-state index contributed by atoms with van der Waals surface area (Å²) in [4.78, 5) is -0.834. The first-order valence-electron chi connectivity index (χ1n) is 3.45. The van der Waals surface area contributed by atoms with E-state index >= 15 is 0 Å². The number of hydrogen-bond acceptors (Lipinski definition) is 1. The summed E-state index contributed by atoms with van der Waals surface area (Å²) in [6, 6.07) is 1.44. The maximum absolute atomic E-state index is 12.0. The second-order valence-electron chi connectivity index (χ2n) is 2.57. The molecule has 0 aliphatic carbocycles. The lowest BCUT2D eigenvalue weighted by Gasteiger charge is -2.11. The lowest BCUT2D eigenvalue weighted by molar-refractivity contribution is -0.134. The van der Waals surface area contributed by atoms with Crippen molar-refractivity contribution < 1.29 is 13.2 Å². The Kier molecular flexibility index (Phi) is 4.14. The van der Waals surface area contributed by atoms with E-state index in [4.69, 9.17) is 23.2 Å². The Bertz CT molecular complexity index is 323. The maximum Gasteiger partial charge on any atom is 0.390 e. The fourth-order valence-corrected chi connectivity index (χ4v) is 3.47. The second kappa shape index (κ2) is 4.60. The SMILES string of the molecule is FC(F)(F)CC(Br)c1cc(Cl)sc1Cl. The van der Waals surface area contributed by atoms with Crippen molar-refractivity contribution in [2.75, 3.05) is 0 Å². The first-order valence-corrected chi connectivity index (χ1v) is 5.94. The van der Waals surface area contributed by atoms with Gasteiger partial charge >= 0.3 is 6.18 Å². The van der Waals surface area contributed by atoms with Crippen LogP contribution in [0, 0.1) is 0 Å². The third-order valence-corrected chi connectivity index (χ3v) is 3.77. The molecule has 1 heterocycles. The van der Waals surface area contributed by atoms with Crippen LogP contribution in [-0.4, -0.2) is 6.18 Å². The molecule has 0 bridgehead atoms. The summed E-state index contributed by atoms with van der Waals surface area (Å²) in [6.07, 6.45) is -5.17. The standard InChI is InChI=1S/C7H4BrCl2F3S/c8-4(2-7(11,12)13)3-1-5(9)14-6(3)10/h1,4H,2H2. The van der Waals surface area contributed by atoms with Gasteiger partial charge < -0.3 is 0 Å². The summed E-state index contributed by atoms with van der Waals surface area (Å²) in [6.45, 7) is 0. The zero-order valence-electron chi connectivity index (χ0n) is 6.54. The van der Waals surface area contributed by atoms with Crippen LogP contribution in [0.1, 0.15) is 16.8 Å². The Labute approximate surface area is 101 Å². The van der Waals surface area contributed by atoms with Crippen molar-refractivity contribution in [3.05, 3.63) is 20.3 Å². The maximum atomic E-state index is 12.0. The molecule has 0 aromatic carbocycles. The molecule has 1 atom stereocenters. The van der Waals surface area contributed by atoms with Crippen molar-refractivity contribution in [2.45, 2.75) is 17.4 Å². The van der Waals surface area contributed by atoms with Gasteiger partial charge in [-0.3, -0.25) is 0 Å². The summed E-state index contributed by atoms with van der Waals surface area (Å²) < 4.78 is 36.8. The molecule has 1 aromatic heterocycles. The second-order valence-corrected chi connectivity index (χ2v) is 5.96. The number of hydrogen-bond donors (Lipinski definition) is 0. The molecule has 0 radical (unpaired) electrons. The zero-order chi connectivity index (χ0) is 10.9. The molecule has 1 rings (SSSR count). The van der Waals surface area contributed by atoms with E-state index in [-0.39, 0.29) is 0 Å². The van der Waals surface area contributed by atoms with Crippen molar-refractivity contribution in [1.82, 2.24) is 0 Å². The molecular weight excluding hydrogens is 324 g/mol. The topological polar surface area (TPSA) is 0 Å². The number of halogens is 6. The van der Waals surface area contributed by atoms with Crippen molar-refractivity contribution >= 4 is 50.5 Å². The van der Waals surface area contributed by atoms with Crippen molar-refractivity contribution in [3.8, 4) is 0 Å². The van der Waals surface area contributed by atoms with Gasteiger partial charge in [0.05, 0.1) is 19.9 Å². The van der Waals surface area contributed by atoms with Crippen LogP contribution in [0.4, 0.5) is 13.2 Å². The van der Waals surface area contributed by atoms with E-state index in [0.29, 0.717) is 14.2 Å². The van der Waals surface area contributed by atoms with Crippen LogP contribution in [0.25, 0.3) is 0 Å². The van der Waals surface area contributed by atoms with E-state index in [2.05, 4.69) is 15.9 Å². The molecule has 0 amide bonds. The summed E-state index contributed by atoms with van der Waals surface area (Å²) >= 11 is 15.3. The average molecular weight is 328 g/mol. The number of thiophene rings is 1. The van der Waals surface area contributed by atoms with Crippen molar-refractivity contribution in [2.24, 2.45) is 0 Å². The van der Waals surface area contributed by atoms with E-state index in [1.165, 1.54) is 6.07 Å². The molecule has 0 spiro atoms. The van der Waals surface area contributed by atoms with Gasteiger partial charge in [0.25, 0.3) is 0 Å². The molecular formula is C7H4BrCl2F3S. The molecule has 0 aliphatic rings. The smallest absolute Gasteiger partial charge is 0.171 e. The number of alkyl halides is 4. The van der Waals surface area contributed by atoms with Gasteiger partial charge in [0, 0.05) is 0 Å². The van der Waals surface area contributed by atoms with Gasteiger partial charge in [0.15, 0.2) is 0 Å². The molecule has 14 heavy (non-hydrogen) atoms. The third-order valence-electron chi connectivity index (χ3n) is 1.43. The molecule has 0 saturated carbocycles.